The van der Waals surface area contributed by atoms with Crippen molar-refractivity contribution in [1.29, 1.82) is 0 Å². The molecule has 0 saturated carbocycles. The molecule has 0 aromatic heterocycles. The number of allylic oxidation sites excluding steroid dienone is 3. The van der Waals surface area contributed by atoms with Crippen LogP contribution in [0.3, 0.4) is 0 Å². The van der Waals surface area contributed by atoms with Gasteiger partial charge in [-0.25, -0.2) is 0 Å². The maximum absolute atomic E-state index is 5.44. The number of ether oxygens (including phenoxy) is 3. The van der Waals surface area contributed by atoms with E-state index in [0.717, 1.165) is 17.1 Å². The van der Waals surface area contributed by atoms with Gasteiger partial charge in [-0.2, -0.15) is 0 Å². The highest BCUT2D eigenvalue weighted by Crippen LogP contribution is 2.27. The van der Waals surface area contributed by atoms with Gasteiger partial charge in [0.05, 0.1) is 27.4 Å². The van der Waals surface area contributed by atoms with Gasteiger partial charge in [0.25, 0.3) is 0 Å². The van der Waals surface area contributed by atoms with E-state index in [1.807, 2.05) is 61.6 Å². The van der Waals surface area contributed by atoms with Crippen molar-refractivity contribution in [2.45, 2.75) is 6.92 Å². The summed E-state index contributed by atoms with van der Waals surface area (Å²) < 4.78 is 15.9. The predicted octanol–water partition coefficient (Wildman–Crippen LogP) is 3.87. The van der Waals surface area contributed by atoms with E-state index in [1.165, 1.54) is 0 Å². The molecule has 20 heavy (non-hydrogen) atoms. The highest BCUT2D eigenvalue weighted by molar-refractivity contribution is 5.55. The molecule has 3 nitrogen and oxygen atoms in total. The molecule has 0 aliphatic rings. The van der Waals surface area contributed by atoms with E-state index < -0.39 is 0 Å². The second-order valence-corrected chi connectivity index (χ2v) is 4.01. The summed E-state index contributed by atoms with van der Waals surface area (Å²) in [5.74, 6) is 1.46. The van der Waals surface area contributed by atoms with Crippen molar-refractivity contribution in [1.82, 2.24) is 0 Å². The summed E-state index contributed by atoms with van der Waals surface area (Å²) in [5, 5.41) is 0. The van der Waals surface area contributed by atoms with Crippen molar-refractivity contribution in [3.63, 3.8) is 0 Å². The third-order valence-corrected chi connectivity index (χ3v) is 2.59. The Balaban J connectivity index is 2.42. The van der Waals surface area contributed by atoms with Crippen molar-refractivity contribution in [3.8, 4) is 11.5 Å². The lowest BCUT2D eigenvalue weighted by molar-refractivity contribution is 0.194. The van der Waals surface area contributed by atoms with E-state index in [1.54, 1.807) is 14.2 Å². The summed E-state index contributed by atoms with van der Waals surface area (Å²) in [4.78, 5) is 0. The summed E-state index contributed by atoms with van der Waals surface area (Å²) in [6.45, 7) is 3.17. The van der Waals surface area contributed by atoms with E-state index in [0.29, 0.717) is 13.2 Å². The van der Waals surface area contributed by atoms with Crippen molar-refractivity contribution in [3.05, 3.63) is 54.1 Å². The molecule has 0 spiro atoms. The number of benzene rings is 1. The topological polar surface area (TPSA) is 27.7 Å². The van der Waals surface area contributed by atoms with Crippen molar-refractivity contribution in [2.75, 3.05) is 27.4 Å². The Morgan fingerprint density at radius 2 is 1.70 bits per heavy atom. The van der Waals surface area contributed by atoms with Crippen LogP contribution in [0, 0.1) is 0 Å². The average molecular weight is 274 g/mol. The Morgan fingerprint density at radius 1 is 0.950 bits per heavy atom. The zero-order valence-corrected chi connectivity index (χ0v) is 12.3. The van der Waals surface area contributed by atoms with E-state index in [2.05, 4.69) is 0 Å². The second kappa shape index (κ2) is 9.87. The van der Waals surface area contributed by atoms with Crippen LogP contribution in [0.4, 0.5) is 0 Å². The van der Waals surface area contributed by atoms with Crippen molar-refractivity contribution >= 4 is 6.08 Å². The van der Waals surface area contributed by atoms with Crippen molar-refractivity contribution in [2.24, 2.45) is 0 Å². The van der Waals surface area contributed by atoms with Crippen LogP contribution in [0.15, 0.2) is 48.6 Å². The second-order valence-electron chi connectivity index (χ2n) is 4.01. The first-order chi connectivity index (χ1) is 9.81. The molecule has 1 rings (SSSR count). The first kappa shape index (κ1) is 16.1. The minimum absolute atomic E-state index is 0.578. The summed E-state index contributed by atoms with van der Waals surface area (Å²) >= 11 is 0. The summed E-state index contributed by atoms with van der Waals surface area (Å²) in [6.07, 6.45) is 11.9. The molecule has 0 saturated heterocycles. The van der Waals surface area contributed by atoms with E-state index >= 15 is 0 Å². The minimum Gasteiger partial charge on any atom is -0.493 e. The zero-order valence-electron chi connectivity index (χ0n) is 12.3. The number of methoxy groups -OCH3 is 2. The first-order valence-electron chi connectivity index (χ1n) is 6.56. The lowest BCUT2D eigenvalue weighted by Crippen LogP contribution is -1.91. The molecule has 0 bridgehead atoms. The van der Waals surface area contributed by atoms with Crippen LogP contribution in [0.25, 0.3) is 6.08 Å². The molecule has 1 aromatic carbocycles. The molecule has 0 amide bonds. The predicted molar refractivity (Wildman–Crippen MR) is 83.4 cm³/mol. The molecule has 108 valence electrons. The molecule has 0 aliphatic heterocycles. The third kappa shape index (κ3) is 5.76. The van der Waals surface area contributed by atoms with Crippen LogP contribution in [0.5, 0.6) is 11.5 Å². The van der Waals surface area contributed by atoms with Crippen LogP contribution in [-0.2, 0) is 4.74 Å². The monoisotopic (exact) mass is 274 g/mol. The lowest BCUT2D eigenvalue weighted by atomic mass is 10.2. The smallest absolute Gasteiger partial charge is 0.161 e. The van der Waals surface area contributed by atoms with Crippen LogP contribution in [-0.4, -0.2) is 27.4 Å². The fraction of sp³-hybridized carbons (Fsp3) is 0.294. The Bertz CT molecular complexity index is 473. The quantitative estimate of drug-likeness (QED) is 0.532. The van der Waals surface area contributed by atoms with E-state index in [-0.39, 0.29) is 0 Å². The van der Waals surface area contributed by atoms with Gasteiger partial charge >= 0.3 is 0 Å². The van der Waals surface area contributed by atoms with E-state index in [4.69, 9.17) is 14.2 Å². The molecule has 0 heterocycles. The largest absolute Gasteiger partial charge is 0.493 e. The Morgan fingerprint density at radius 3 is 2.40 bits per heavy atom. The molecule has 0 N–H and O–H groups in total. The standard InChI is InChI=1S/C17H22O3/c1-4-5-6-7-12-20-13-8-9-15-10-11-16(18-2)17(14-15)19-3/h4-11,14H,12-13H2,1-3H3/b5-4+,7-6+,9-8+. The molecule has 0 unspecified atom stereocenters. The maximum Gasteiger partial charge on any atom is 0.161 e. The molecular formula is C17H22O3. The summed E-state index contributed by atoms with van der Waals surface area (Å²) in [5.41, 5.74) is 1.05. The van der Waals surface area contributed by atoms with Crippen LogP contribution < -0.4 is 9.47 Å². The fourth-order valence-electron chi connectivity index (χ4n) is 1.59. The van der Waals surface area contributed by atoms with Gasteiger partial charge in [0, 0.05) is 0 Å². The Labute approximate surface area is 121 Å². The van der Waals surface area contributed by atoms with Crippen molar-refractivity contribution < 1.29 is 14.2 Å². The normalized spacial score (nSPS) is 11.8. The van der Waals surface area contributed by atoms with Gasteiger partial charge < -0.3 is 14.2 Å². The molecule has 0 radical (unpaired) electrons. The summed E-state index contributed by atoms with van der Waals surface area (Å²) in [7, 11) is 3.26. The van der Waals surface area contributed by atoms with Gasteiger partial charge in [-0.3, -0.25) is 0 Å². The van der Waals surface area contributed by atoms with Gasteiger partial charge in [-0.1, -0.05) is 42.5 Å². The van der Waals surface area contributed by atoms with Crippen LogP contribution in [0.1, 0.15) is 12.5 Å². The average Bonchev–Trinajstić information content (AvgIpc) is 2.49. The van der Waals surface area contributed by atoms with Gasteiger partial charge in [-0.05, 0) is 24.6 Å². The van der Waals surface area contributed by atoms with Gasteiger partial charge in [0.15, 0.2) is 11.5 Å². The highest BCUT2D eigenvalue weighted by Gasteiger charge is 2.02. The number of rotatable bonds is 8. The lowest BCUT2D eigenvalue weighted by Gasteiger charge is -2.07. The van der Waals surface area contributed by atoms with Gasteiger partial charge in [0.2, 0.25) is 0 Å². The number of hydrogen-bond acceptors (Lipinski definition) is 3. The third-order valence-electron chi connectivity index (χ3n) is 2.59. The van der Waals surface area contributed by atoms with Gasteiger partial charge in [0.1, 0.15) is 0 Å². The maximum atomic E-state index is 5.44. The minimum atomic E-state index is 0.578. The molecule has 3 heteroatoms. The Hall–Kier alpha value is -2.00. The SMILES string of the molecule is C/C=C/C=C/COC/C=C/c1ccc(OC)c(OC)c1. The van der Waals surface area contributed by atoms with Crippen LogP contribution in [0.2, 0.25) is 0 Å². The molecule has 0 atom stereocenters. The van der Waals surface area contributed by atoms with Gasteiger partial charge in [-0.15, -0.1) is 0 Å². The molecule has 0 fully saturated rings. The Kier molecular flexibility index (Phi) is 7.92. The first-order valence-corrected chi connectivity index (χ1v) is 6.56. The highest BCUT2D eigenvalue weighted by atomic mass is 16.5. The summed E-state index contributed by atoms with van der Waals surface area (Å²) in [6, 6.07) is 5.80. The van der Waals surface area contributed by atoms with E-state index in [9.17, 15) is 0 Å². The molecule has 0 aliphatic carbocycles. The molecule has 1 aromatic rings. The molecular weight excluding hydrogens is 252 g/mol. The van der Waals surface area contributed by atoms with Crippen LogP contribution >= 0.6 is 0 Å². The number of hydrogen-bond donors (Lipinski definition) is 0. The fourth-order valence-corrected chi connectivity index (χ4v) is 1.59. The zero-order chi connectivity index (χ0) is 14.6.